The summed E-state index contributed by atoms with van der Waals surface area (Å²) in [5.41, 5.74) is 1.80. The Morgan fingerprint density at radius 1 is 1.40 bits per heavy atom. The van der Waals surface area contributed by atoms with Gasteiger partial charge in [-0.25, -0.2) is 4.98 Å². The fourth-order valence-corrected chi connectivity index (χ4v) is 1.49. The maximum Gasteiger partial charge on any atom is 0.278 e. The Morgan fingerprint density at radius 3 is 2.80 bits per heavy atom. The van der Waals surface area contributed by atoms with Crippen molar-refractivity contribution in [3.63, 3.8) is 0 Å². The first kappa shape index (κ1) is 9.58. The van der Waals surface area contributed by atoms with Crippen LogP contribution in [0.15, 0.2) is 23.0 Å². The number of carbonyl (C=O) groups excluding carboxylic acids is 1. The molecule has 0 unspecified atom stereocenters. The van der Waals surface area contributed by atoms with E-state index >= 15 is 0 Å². The number of para-hydroxylation sites is 1. The van der Waals surface area contributed by atoms with Crippen LogP contribution in [0.4, 0.5) is 0 Å². The zero-order valence-corrected chi connectivity index (χ0v) is 8.50. The minimum Gasteiger partial charge on any atom is -0.319 e. The molecule has 0 saturated carbocycles. The molecule has 0 bridgehead atoms. The lowest BCUT2D eigenvalue weighted by Gasteiger charge is -2.01. The van der Waals surface area contributed by atoms with Crippen molar-refractivity contribution in [2.75, 3.05) is 0 Å². The van der Waals surface area contributed by atoms with E-state index in [1.165, 1.54) is 6.92 Å². The van der Waals surface area contributed by atoms with Crippen LogP contribution in [-0.2, 0) is 0 Å². The van der Waals surface area contributed by atoms with Crippen LogP contribution in [0, 0.1) is 6.92 Å². The summed E-state index contributed by atoms with van der Waals surface area (Å²) in [5, 5.41) is 0. The predicted molar refractivity (Wildman–Crippen MR) is 57.1 cm³/mol. The normalized spacial score (nSPS) is 10.5. The Bertz CT molecular complexity index is 599. The molecule has 0 saturated heterocycles. The Morgan fingerprint density at radius 2 is 2.13 bits per heavy atom. The molecule has 76 valence electrons. The van der Waals surface area contributed by atoms with Gasteiger partial charge in [-0.3, -0.25) is 9.59 Å². The van der Waals surface area contributed by atoms with Gasteiger partial charge in [0.2, 0.25) is 0 Å². The largest absolute Gasteiger partial charge is 0.319 e. The molecule has 1 N–H and O–H groups in total. The highest BCUT2D eigenvalue weighted by Crippen LogP contribution is 2.12. The smallest absolute Gasteiger partial charge is 0.278 e. The quantitative estimate of drug-likeness (QED) is 0.711. The van der Waals surface area contributed by atoms with Gasteiger partial charge in [-0.05, 0) is 18.6 Å². The highest BCUT2D eigenvalue weighted by molar-refractivity contribution is 5.93. The summed E-state index contributed by atoms with van der Waals surface area (Å²) in [6.45, 7) is 3.22. The average molecular weight is 202 g/mol. The number of H-pyrrole nitrogens is 1. The Kier molecular flexibility index (Phi) is 2.11. The van der Waals surface area contributed by atoms with Crippen molar-refractivity contribution in [3.8, 4) is 0 Å². The molecule has 0 atom stereocenters. The van der Waals surface area contributed by atoms with Crippen molar-refractivity contribution < 1.29 is 4.79 Å². The molecule has 0 aliphatic carbocycles. The van der Waals surface area contributed by atoms with Crippen molar-refractivity contribution in [1.29, 1.82) is 0 Å². The van der Waals surface area contributed by atoms with Gasteiger partial charge in [-0.1, -0.05) is 12.1 Å². The van der Waals surface area contributed by atoms with Crippen LogP contribution >= 0.6 is 0 Å². The van der Waals surface area contributed by atoms with Gasteiger partial charge in [0, 0.05) is 6.92 Å². The van der Waals surface area contributed by atoms with Crippen molar-refractivity contribution in [3.05, 3.63) is 39.8 Å². The van der Waals surface area contributed by atoms with Crippen molar-refractivity contribution in [2.45, 2.75) is 13.8 Å². The summed E-state index contributed by atoms with van der Waals surface area (Å²) in [5.74, 6) is -0.318. The van der Waals surface area contributed by atoms with Gasteiger partial charge in [-0.15, -0.1) is 0 Å². The zero-order valence-electron chi connectivity index (χ0n) is 8.50. The number of fused-ring (bicyclic) bond motifs is 1. The third kappa shape index (κ3) is 1.54. The summed E-state index contributed by atoms with van der Waals surface area (Å²) in [6, 6.07) is 5.49. The summed E-state index contributed by atoms with van der Waals surface area (Å²) in [6.07, 6.45) is 0. The van der Waals surface area contributed by atoms with E-state index in [2.05, 4.69) is 9.97 Å². The van der Waals surface area contributed by atoms with E-state index in [1.54, 1.807) is 6.07 Å². The third-order valence-electron chi connectivity index (χ3n) is 2.26. The van der Waals surface area contributed by atoms with E-state index in [9.17, 15) is 9.59 Å². The van der Waals surface area contributed by atoms with Gasteiger partial charge in [-0.2, -0.15) is 0 Å². The number of carbonyl (C=O) groups is 1. The second kappa shape index (κ2) is 3.31. The highest BCUT2D eigenvalue weighted by Gasteiger charge is 2.09. The molecule has 0 radical (unpaired) electrons. The second-order valence-corrected chi connectivity index (χ2v) is 3.44. The Hall–Kier alpha value is -1.97. The van der Waals surface area contributed by atoms with Crippen LogP contribution in [-0.4, -0.2) is 15.8 Å². The van der Waals surface area contributed by atoms with Gasteiger partial charge in [0.1, 0.15) is 0 Å². The number of hydrogen-bond donors (Lipinski definition) is 1. The molecular formula is C11H10N2O2. The number of rotatable bonds is 1. The number of nitrogens with zero attached hydrogens (tertiary/aromatic N) is 1. The van der Waals surface area contributed by atoms with Crippen LogP contribution in [0.25, 0.3) is 11.0 Å². The Labute approximate surface area is 86.0 Å². The topological polar surface area (TPSA) is 62.8 Å². The van der Waals surface area contributed by atoms with Gasteiger partial charge < -0.3 is 4.98 Å². The second-order valence-electron chi connectivity index (χ2n) is 3.44. The standard InChI is InChI=1S/C11H10N2O2/c1-6-4-3-5-8-9(6)13-10(7(2)14)11(15)12-8/h3-5H,1-2H3,(H,12,15). The van der Waals surface area contributed by atoms with E-state index in [0.717, 1.165) is 5.56 Å². The van der Waals surface area contributed by atoms with E-state index < -0.39 is 5.56 Å². The monoisotopic (exact) mass is 202 g/mol. The van der Waals surface area contributed by atoms with Crippen molar-refractivity contribution >= 4 is 16.8 Å². The first-order chi connectivity index (χ1) is 7.09. The van der Waals surface area contributed by atoms with Crippen LogP contribution in [0.5, 0.6) is 0 Å². The van der Waals surface area contributed by atoms with Gasteiger partial charge in [0.25, 0.3) is 5.56 Å². The number of Topliss-reactive ketones (excluding diaryl/α,β-unsaturated/α-hetero) is 1. The molecule has 1 aromatic carbocycles. The van der Waals surface area contributed by atoms with E-state index in [0.29, 0.717) is 11.0 Å². The van der Waals surface area contributed by atoms with Crippen LogP contribution in [0.1, 0.15) is 23.0 Å². The van der Waals surface area contributed by atoms with Gasteiger partial charge in [0.15, 0.2) is 11.5 Å². The summed E-state index contributed by atoms with van der Waals surface area (Å²) < 4.78 is 0. The molecule has 15 heavy (non-hydrogen) atoms. The fraction of sp³-hybridized carbons (Fsp3) is 0.182. The number of hydrogen-bond acceptors (Lipinski definition) is 3. The summed E-state index contributed by atoms with van der Waals surface area (Å²) in [4.78, 5) is 29.3. The van der Waals surface area contributed by atoms with Crippen molar-refractivity contribution in [1.82, 2.24) is 9.97 Å². The summed E-state index contributed by atoms with van der Waals surface area (Å²) in [7, 11) is 0. The molecule has 0 aliphatic heterocycles. The maximum absolute atomic E-state index is 11.4. The lowest BCUT2D eigenvalue weighted by molar-refractivity contribution is 0.101. The Balaban J connectivity index is 2.90. The SMILES string of the molecule is CC(=O)c1nc2c(C)cccc2[nH]c1=O. The maximum atomic E-state index is 11.4. The zero-order chi connectivity index (χ0) is 11.0. The highest BCUT2D eigenvalue weighted by atomic mass is 16.1. The van der Waals surface area contributed by atoms with Crippen LogP contribution in [0.3, 0.4) is 0 Å². The minimum absolute atomic E-state index is 0.0307. The van der Waals surface area contributed by atoms with E-state index in [4.69, 9.17) is 0 Å². The first-order valence-corrected chi connectivity index (χ1v) is 4.60. The lowest BCUT2D eigenvalue weighted by Crippen LogP contribution is -2.18. The molecule has 1 aromatic heterocycles. The number of aryl methyl sites for hydroxylation is 1. The molecule has 4 heteroatoms. The third-order valence-corrected chi connectivity index (χ3v) is 2.26. The molecule has 4 nitrogen and oxygen atoms in total. The molecule has 0 aliphatic rings. The van der Waals surface area contributed by atoms with E-state index in [-0.39, 0.29) is 11.5 Å². The molecule has 0 spiro atoms. The van der Waals surface area contributed by atoms with E-state index in [1.807, 2.05) is 19.1 Å². The number of aromatic nitrogens is 2. The first-order valence-electron chi connectivity index (χ1n) is 4.60. The molecule has 2 rings (SSSR count). The molecule has 0 fully saturated rings. The lowest BCUT2D eigenvalue weighted by atomic mass is 10.2. The van der Waals surface area contributed by atoms with Gasteiger partial charge in [0.05, 0.1) is 11.0 Å². The number of benzene rings is 1. The van der Waals surface area contributed by atoms with Crippen molar-refractivity contribution in [2.24, 2.45) is 0 Å². The molecule has 0 amide bonds. The molecule has 1 heterocycles. The molecular weight excluding hydrogens is 192 g/mol. The predicted octanol–water partition coefficient (Wildman–Crippen LogP) is 1.43. The van der Waals surface area contributed by atoms with Gasteiger partial charge >= 0.3 is 0 Å². The summed E-state index contributed by atoms with van der Waals surface area (Å²) >= 11 is 0. The average Bonchev–Trinajstić information content (AvgIpc) is 2.16. The van der Waals surface area contributed by atoms with Crippen LogP contribution in [0.2, 0.25) is 0 Å². The number of ketones is 1. The van der Waals surface area contributed by atoms with Crippen LogP contribution < -0.4 is 5.56 Å². The molecule has 2 aromatic rings. The fourth-order valence-electron chi connectivity index (χ4n) is 1.49. The number of nitrogens with one attached hydrogen (secondary N) is 1. The minimum atomic E-state index is -0.430. The number of aromatic amines is 1.